The summed E-state index contributed by atoms with van der Waals surface area (Å²) in [6.07, 6.45) is 1.28. The van der Waals surface area contributed by atoms with Crippen LogP contribution in [0.5, 0.6) is 0 Å². The minimum atomic E-state index is -0.688. The average Bonchev–Trinajstić information content (AvgIpc) is 2.20. The molecule has 0 aromatic rings. The normalized spacial score (nSPS) is 12.8. The maximum atomic E-state index is 11.5. The SMILES string of the molecule is COC(=O)C(CSSC)NC(=O)OC(C)(C)C. The predicted octanol–water partition coefficient (Wildman–Crippen LogP) is 2.06. The fraction of sp³-hybridized carbons (Fsp3) is 0.800. The van der Waals surface area contributed by atoms with E-state index in [1.54, 1.807) is 20.8 Å². The van der Waals surface area contributed by atoms with Crippen molar-refractivity contribution in [3.63, 3.8) is 0 Å². The third kappa shape index (κ3) is 8.20. The van der Waals surface area contributed by atoms with Gasteiger partial charge < -0.3 is 14.8 Å². The average molecular weight is 281 g/mol. The topological polar surface area (TPSA) is 64.6 Å². The van der Waals surface area contributed by atoms with Gasteiger partial charge in [-0.2, -0.15) is 0 Å². The van der Waals surface area contributed by atoms with E-state index >= 15 is 0 Å². The van der Waals surface area contributed by atoms with Gasteiger partial charge >= 0.3 is 12.1 Å². The Bertz CT molecular complexity index is 266. The highest BCUT2D eigenvalue weighted by Crippen LogP contribution is 2.18. The van der Waals surface area contributed by atoms with Crippen molar-refractivity contribution in [3.05, 3.63) is 0 Å². The van der Waals surface area contributed by atoms with E-state index in [0.717, 1.165) is 0 Å². The Morgan fingerprint density at radius 3 is 2.35 bits per heavy atom. The molecule has 1 unspecified atom stereocenters. The van der Waals surface area contributed by atoms with Crippen LogP contribution in [0.3, 0.4) is 0 Å². The summed E-state index contributed by atoms with van der Waals surface area (Å²) in [4.78, 5) is 22.9. The van der Waals surface area contributed by atoms with Crippen molar-refractivity contribution in [3.8, 4) is 0 Å². The van der Waals surface area contributed by atoms with Gasteiger partial charge in [0.05, 0.1) is 7.11 Å². The van der Waals surface area contributed by atoms with Crippen LogP contribution in [0.4, 0.5) is 4.79 Å². The maximum absolute atomic E-state index is 11.5. The first-order valence-corrected chi connectivity index (χ1v) is 7.76. The molecule has 0 bridgehead atoms. The Hall–Kier alpha value is -0.560. The first-order valence-electron chi connectivity index (χ1n) is 5.03. The third-order valence-electron chi connectivity index (χ3n) is 1.53. The zero-order valence-corrected chi connectivity index (χ0v) is 12.4. The Morgan fingerprint density at radius 1 is 1.35 bits per heavy atom. The lowest BCUT2D eigenvalue weighted by Gasteiger charge is -2.22. The third-order valence-corrected chi connectivity index (χ3v) is 3.35. The van der Waals surface area contributed by atoms with Gasteiger partial charge in [-0.15, -0.1) is 0 Å². The molecule has 0 aromatic heterocycles. The minimum absolute atomic E-state index is 0.438. The van der Waals surface area contributed by atoms with Gasteiger partial charge in [-0.05, 0) is 27.0 Å². The van der Waals surface area contributed by atoms with Crippen LogP contribution in [-0.4, -0.2) is 42.8 Å². The molecule has 0 heterocycles. The molecule has 0 spiro atoms. The van der Waals surface area contributed by atoms with Crippen LogP contribution in [0.2, 0.25) is 0 Å². The largest absolute Gasteiger partial charge is 0.467 e. The summed E-state index contributed by atoms with van der Waals surface area (Å²) in [5, 5.41) is 2.49. The van der Waals surface area contributed by atoms with Crippen LogP contribution in [0.15, 0.2) is 0 Å². The van der Waals surface area contributed by atoms with Crippen molar-refractivity contribution in [2.45, 2.75) is 32.4 Å². The molecule has 1 amide bonds. The molecular formula is C10H19NO4S2. The molecule has 0 aliphatic rings. The highest BCUT2D eigenvalue weighted by Gasteiger charge is 2.24. The molecule has 0 rings (SSSR count). The fourth-order valence-corrected chi connectivity index (χ4v) is 2.20. The van der Waals surface area contributed by atoms with Gasteiger partial charge in [0, 0.05) is 5.75 Å². The van der Waals surface area contributed by atoms with Crippen molar-refractivity contribution in [2.24, 2.45) is 0 Å². The summed E-state index contributed by atoms with van der Waals surface area (Å²) in [5.41, 5.74) is -0.586. The molecule has 0 saturated carbocycles. The van der Waals surface area contributed by atoms with Crippen LogP contribution in [-0.2, 0) is 14.3 Å². The van der Waals surface area contributed by atoms with E-state index in [1.165, 1.54) is 28.7 Å². The van der Waals surface area contributed by atoms with E-state index in [9.17, 15) is 9.59 Å². The van der Waals surface area contributed by atoms with E-state index < -0.39 is 23.7 Å². The van der Waals surface area contributed by atoms with Gasteiger partial charge in [-0.1, -0.05) is 21.6 Å². The van der Waals surface area contributed by atoms with E-state index in [2.05, 4.69) is 10.1 Å². The summed E-state index contributed by atoms with van der Waals surface area (Å²) in [5.74, 6) is -0.0370. The van der Waals surface area contributed by atoms with Crippen molar-refractivity contribution >= 4 is 33.7 Å². The first kappa shape index (κ1) is 16.4. The van der Waals surface area contributed by atoms with Crippen LogP contribution in [0.25, 0.3) is 0 Å². The highest BCUT2D eigenvalue weighted by atomic mass is 33.1. The molecule has 17 heavy (non-hydrogen) atoms. The van der Waals surface area contributed by atoms with Crippen molar-refractivity contribution in [1.82, 2.24) is 5.32 Å². The number of carbonyl (C=O) groups excluding carboxylic acids is 2. The number of hydrogen-bond acceptors (Lipinski definition) is 6. The molecule has 0 aliphatic carbocycles. The second-order valence-corrected chi connectivity index (χ2v) is 6.78. The van der Waals surface area contributed by atoms with Crippen molar-refractivity contribution < 1.29 is 19.1 Å². The zero-order valence-electron chi connectivity index (χ0n) is 10.7. The Morgan fingerprint density at radius 2 is 1.94 bits per heavy atom. The van der Waals surface area contributed by atoms with Crippen LogP contribution >= 0.6 is 21.6 Å². The number of rotatable bonds is 5. The summed E-state index contributed by atoms with van der Waals surface area (Å²) >= 11 is 0. The minimum Gasteiger partial charge on any atom is -0.467 e. The monoisotopic (exact) mass is 281 g/mol. The van der Waals surface area contributed by atoms with Crippen molar-refractivity contribution in [2.75, 3.05) is 19.1 Å². The lowest BCUT2D eigenvalue weighted by molar-refractivity contribution is -0.142. The standard InChI is InChI=1S/C10H19NO4S2/c1-10(2,3)15-9(13)11-7(6-17-16-5)8(12)14-4/h7H,6H2,1-5H3,(H,11,13). The van der Waals surface area contributed by atoms with E-state index in [1.807, 2.05) is 6.26 Å². The van der Waals surface area contributed by atoms with Crippen LogP contribution < -0.4 is 5.32 Å². The number of alkyl carbamates (subject to hydrolysis) is 1. The van der Waals surface area contributed by atoms with Crippen molar-refractivity contribution in [1.29, 1.82) is 0 Å². The van der Waals surface area contributed by atoms with Crippen LogP contribution in [0, 0.1) is 0 Å². The number of methoxy groups -OCH3 is 1. The first-order chi connectivity index (χ1) is 7.80. The number of nitrogens with one attached hydrogen (secondary N) is 1. The zero-order chi connectivity index (χ0) is 13.5. The molecule has 0 fully saturated rings. The van der Waals surface area contributed by atoms with Gasteiger partial charge in [0.15, 0.2) is 0 Å². The fourth-order valence-electron chi connectivity index (χ4n) is 0.897. The maximum Gasteiger partial charge on any atom is 0.408 e. The molecule has 1 N–H and O–H groups in total. The van der Waals surface area contributed by atoms with E-state index in [4.69, 9.17) is 4.74 Å². The molecule has 7 heteroatoms. The molecule has 0 radical (unpaired) electrons. The second kappa shape index (κ2) is 7.71. The smallest absolute Gasteiger partial charge is 0.408 e. The molecule has 0 saturated heterocycles. The van der Waals surface area contributed by atoms with E-state index in [0.29, 0.717) is 5.75 Å². The number of hydrogen-bond donors (Lipinski definition) is 1. The molecule has 1 atom stereocenters. The predicted molar refractivity (Wildman–Crippen MR) is 71.1 cm³/mol. The van der Waals surface area contributed by atoms with Gasteiger partial charge in [-0.3, -0.25) is 0 Å². The number of esters is 1. The highest BCUT2D eigenvalue weighted by molar-refractivity contribution is 8.76. The summed E-state index contributed by atoms with van der Waals surface area (Å²) in [6, 6.07) is -0.688. The lowest BCUT2D eigenvalue weighted by Crippen LogP contribution is -2.45. The molecular weight excluding hydrogens is 262 g/mol. The molecule has 100 valence electrons. The molecule has 5 nitrogen and oxygen atoms in total. The Kier molecular flexibility index (Phi) is 7.45. The number of amides is 1. The lowest BCUT2D eigenvalue weighted by atomic mass is 10.2. The number of ether oxygens (including phenoxy) is 2. The number of carbonyl (C=O) groups is 2. The van der Waals surface area contributed by atoms with Crippen LogP contribution in [0.1, 0.15) is 20.8 Å². The van der Waals surface area contributed by atoms with Gasteiger partial charge in [-0.25, -0.2) is 9.59 Å². The molecule has 0 aliphatic heterocycles. The second-order valence-electron chi connectivity index (χ2n) is 4.17. The van der Waals surface area contributed by atoms with Gasteiger partial charge in [0.1, 0.15) is 11.6 Å². The Labute approximate surface area is 110 Å². The summed E-state index contributed by atoms with van der Waals surface area (Å²) < 4.78 is 9.68. The van der Waals surface area contributed by atoms with E-state index in [-0.39, 0.29) is 0 Å². The van der Waals surface area contributed by atoms with Gasteiger partial charge in [0.25, 0.3) is 0 Å². The summed E-state index contributed by atoms with van der Waals surface area (Å²) in [6.45, 7) is 5.28. The quantitative estimate of drug-likeness (QED) is 0.615. The van der Waals surface area contributed by atoms with Gasteiger partial charge in [0.2, 0.25) is 0 Å². The Balaban J connectivity index is 4.32. The summed E-state index contributed by atoms with van der Waals surface area (Å²) in [7, 11) is 4.27. The molecule has 0 aromatic carbocycles.